The molecule has 1 heterocycles. The van der Waals surface area contributed by atoms with Gasteiger partial charge in [0, 0.05) is 0 Å². The Labute approximate surface area is 125 Å². The maximum Gasteiger partial charge on any atom is 0.251 e. The van der Waals surface area contributed by atoms with Crippen LogP contribution in [0, 0.1) is 0 Å². The summed E-state index contributed by atoms with van der Waals surface area (Å²) in [5, 5.41) is 11.8. The Balaban J connectivity index is 2.23. The summed E-state index contributed by atoms with van der Waals surface area (Å²) in [5.74, 6) is 1.91. The molecule has 0 amide bonds. The molecule has 5 nitrogen and oxygen atoms in total. The van der Waals surface area contributed by atoms with Gasteiger partial charge in [-0.2, -0.15) is 0 Å². The van der Waals surface area contributed by atoms with Crippen molar-refractivity contribution >= 4 is 0 Å². The third-order valence-electron chi connectivity index (χ3n) is 3.21. The van der Waals surface area contributed by atoms with Gasteiger partial charge in [-0.15, -0.1) is 10.2 Å². The fraction of sp³-hybridized carbons (Fsp3) is 0.500. The molecule has 0 fully saturated rings. The van der Waals surface area contributed by atoms with Crippen molar-refractivity contribution in [1.82, 2.24) is 15.5 Å². The van der Waals surface area contributed by atoms with Gasteiger partial charge in [0.05, 0.1) is 18.2 Å². The van der Waals surface area contributed by atoms with E-state index in [4.69, 9.17) is 9.15 Å². The molecule has 5 heteroatoms. The van der Waals surface area contributed by atoms with Crippen LogP contribution in [0.2, 0.25) is 0 Å². The average molecular weight is 289 g/mol. The minimum Gasteiger partial charge on any atom is -0.493 e. The number of nitrogens with one attached hydrogen (secondary N) is 1. The van der Waals surface area contributed by atoms with Crippen LogP contribution in [0.1, 0.15) is 45.5 Å². The van der Waals surface area contributed by atoms with Crippen LogP contribution in [0.5, 0.6) is 5.75 Å². The van der Waals surface area contributed by atoms with Crippen LogP contribution in [0.15, 0.2) is 28.7 Å². The summed E-state index contributed by atoms with van der Waals surface area (Å²) in [6.07, 6.45) is 1.99. The fourth-order valence-corrected chi connectivity index (χ4v) is 2.13. The number of hydrogen-bond acceptors (Lipinski definition) is 5. The molecule has 1 atom stereocenters. The quantitative estimate of drug-likeness (QED) is 0.804. The number of para-hydroxylation sites is 1. The maximum atomic E-state index is 5.84. The van der Waals surface area contributed by atoms with Crippen LogP contribution in [-0.4, -0.2) is 23.3 Å². The van der Waals surface area contributed by atoms with Gasteiger partial charge >= 0.3 is 0 Å². The molecule has 0 aliphatic carbocycles. The maximum absolute atomic E-state index is 5.84. The second-order valence-corrected chi connectivity index (χ2v) is 4.79. The second-order valence-electron chi connectivity index (χ2n) is 4.79. The van der Waals surface area contributed by atoms with Crippen molar-refractivity contribution in [3.05, 3.63) is 30.2 Å². The van der Waals surface area contributed by atoms with E-state index in [1.54, 1.807) is 0 Å². The Morgan fingerprint density at radius 2 is 2.00 bits per heavy atom. The number of ether oxygens (including phenoxy) is 1. The molecular formula is C16H23N3O2. The first-order valence-corrected chi connectivity index (χ1v) is 7.59. The van der Waals surface area contributed by atoms with E-state index < -0.39 is 0 Å². The highest BCUT2D eigenvalue weighted by atomic mass is 16.5. The number of nitrogens with zero attached hydrogens (tertiary/aromatic N) is 2. The van der Waals surface area contributed by atoms with Gasteiger partial charge in [-0.25, -0.2) is 0 Å². The Morgan fingerprint density at radius 3 is 2.71 bits per heavy atom. The molecule has 0 saturated carbocycles. The number of hydrogen-bond donors (Lipinski definition) is 1. The van der Waals surface area contributed by atoms with Gasteiger partial charge in [0.15, 0.2) is 0 Å². The Kier molecular flexibility index (Phi) is 5.75. The SMILES string of the molecule is CCCNC(CC)c1nnc(-c2ccccc2OCC)o1. The smallest absolute Gasteiger partial charge is 0.251 e. The molecular weight excluding hydrogens is 266 g/mol. The molecule has 2 rings (SSSR count). The zero-order valence-corrected chi connectivity index (χ0v) is 12.9. The first-order chi connectivity index (χ1) is 10.3. The molecule has 0 saturated heterocycles. The second kappa shape index (κ2) is 7.78. The minimum atomic E-state index is 0.102. The average Bonchev–Trinajstić information content (AvgIpc) is 2.99. The molecule has 0 bridgehead atoms. The van der Waals surface area contributed by atoms with Gasteiger partial charge in [0.25, 0.3) is 5.89 Å². The number of benzene rings is 1. The molecule has 1 aromatic carbocycles. The lowest BCUT2D eigenvalue weighted by Gasteiger charge is -2.11. The zero-order chi connectivity index (χ0) is 15.1. The van der Waals surface area contributed by atoms with Crippen molar-refractivity contribution in [1.29, 1.82) is 0 Å². The third-order valence-corrected chi connectivity index (χ3v) is 3.21. The molecule has 0 aliphatic rings. The molecule has 21 heavy (non-hydrogen) atoms. The van der Waals surface area contributed by atoms with E-state index in [2.05, 4.69) is 29.4 Å². The summed E-state index contributed by atoms with van der Waals surface area (Å²) in [6.45, 7) is 7.74. The highest BCUT2D eigenvalue weighted by Gasteiger charge is 2.18. The first-order valence-electron chi connectivity index (χ1n) is 7.59. The van der Waals surface area contributed by atoms with Crippen molar-refractivity contribution in [3.63, 3.8) is 0 Å². The van der Waals surface area contributed by atoms with E-state index in [1.165, 1.54) is 0 Å². The standard InChI is InChI=1S/C16H23N3O2/c1-4-11-17-13(5-2)16-19-18-15(21-16)12-9-7-8-10-14(12)20-6-3/h7-10,13,17H,4-6,11H2,1-3H3. The van der Waals surface area contributed by atoms with Gasteiger partial charge in [-0.3, -0.25) is 0 Å². The van der Waals surface area contributed by atoms with E-state index in [0.717, 1.165) is 30.7 Å². The normalized spacial score (nSPS) is 12.3. The van der Waals surface area contributed by atoms with Gasteiger partial charge < -0.3 is 14.5 Å². The summed E-state index contributed by atoms with van der Waals surface area (Å²) in [4.78, 5) is 0. The van der Waals surface area contributed by atoms with Crippen LogP contribution >= 0.6 is 0 Å². The lowest BCUT2D eigenvalue weighted by molar-refractivity contribution is 0.339. The van der Waals surface area contributed by atoms with E-state index >= 15 is 0 Å². The lowest BCUT2D eigenvalue weighted by atomic mass is 10.2. The van der Waals surface area contributed by atoms with Crippen molar-refractivity contribution in [3.8, 4) is 17.2 Å². The topological polar surface area (TPSA) is 60.2 Å². The first kappa shape index (κ1) is 15.5. The van der Waals surface area contributed by atoms with E-state index in [9.17, 15) is 0 Å². The largest absolute Gasteiger partial charge is 0.493 e. The van der Waals surface area contributed by atoms with Crippen LogP contribution in [-0.2, 0) is 0 Å². The molecule has 114 valence electrons. The Morgan fingerprint density at radius 1 is 1.19 bits per heavy atom. The Hall–Kier alpha value is -1.88. The molecule has 0 radical (unpaired) electrons. The van der Waals surface area contributed by atoms with E-state index in [0.29, 0.717) is 18.4 Å². The van der Waals surface area contributed by atoms with Gasteiger partial charge in [0.1, 0.15) is 5.75 Å². The summed E-state index contributed by atoms with van der Waals surface area (Å²) in [6, 6.07) is 7.82. The van der Waals surface area contributed by atoms with Crippen LogP contribution < -0.4 is 10.1 Å². The summed E-state index contributed by atoms with van der Waals surface area (Å²) in [7, 11) is 0. The fourth-order valence-electron chi connectivity index (χ4n) is 2.13. The zero-order valence-electron chi connectivity index (χ0n) is 12.9. The monoisotopic (exact) mass is 289 g/mol. The number of rotatable bonds is 8. The molecule has 2 aromatic rings. The van der Waals surface area contributed by atoms with Crippen LogP contribution in [0.25, 0.3) is 11.5 Å². The van der Waals surface area contributed by atoms with Gasteiger partial charge in [0.2, 0.25) is 5.89 Å². The van der Waals surface area contributed by atoms with Crippen LogP contribution in [0.4, 0.5) is 0 Å². The summed E-state index contributed by atoms with van der Waals surface area (Å²) in [5.41, 5.74) is 0.837. The van der Waals surface area contributed by atoms with E-state index in [-0.39, 0.29) is 6.04 Å². The van der Waals surface area contributed by atoms with Crippen molar-refractivity contribution in [2.75, 3.05) is 13.2 Å². The molecule has 0 spiro atoms. The molecule has 0 aliphatic heterocycles. The highest BCUT2D eigenvalue weighted by Crippen LogP contribution is 2.30. The van der Waals surface area contributed by atoms with E-state index in [1.807, 2.05) is 31.2 Å². The summed E-state index contributed by atoms with van der Waals surface area (Å²) < 4.78 is 11.5. The minimum absolute atomic E-state index is 0.102. The highest BCUT2D eigenvalue weighted by molar-refractivity contribution is 5.62. The molecule has 1 N–H and O–H groups in total. The molecule has 1 unspecified atom stereocenters. The van der Waals surface area contributed by atoms with Gasteiger partial charge in [-0.05, 0) is 38.4 Å². The number of aromatic nitrogens is 2. The van der Waals surface area contributed by atoms with Crippen molar-refractivity contribution in [2.45, 2.75) is 39.7 Å². The predicted octanol–water partition coefficient (Wildman–Crippen LogP) is 3.59. The lowest BCUT2D eigenvalue weighted by Crippen LogP contribution is -2.21. The summed E-state index contributed by atoms with van der Waals surface area (Å²) >= 11 is 0. The predicted molar refractivity (Wildman–Crippen MR) is 82.2 cm³/mol. The third kappa shape index (κ3) is 3.82. The Bertz CT molecular complexity index is 554. The van der Waals surface area contributed by atoms with Crippen molar-refractivity contribution < 1.29 is 9.15 Å². The molecule has 1 aromatic heterocycles. The van der Waals surface area contributed by atoms with Gasteiger partial charge in [-0.1, -0.05) is 26.0 Å². The van der Waals surface area contributed by atoms with Crippen LogP contribution in [0.3, 0.4) is 0 Å². The van der Waals surface area contributed by atoms with Crippen molar-refractivity contribution in [2.24, 2.45) is 0 Å².